The lowest BCUT2D eigenvalue weighted by Crippen LogP contribution is -2.49. The summed E-state index contributed by atoms with van der Waals surface area (Å²) in [6, 6.07) is -0.797. The summed E-state index contributed by atoms with van der Waals surface area (Å²) >= 11 is 5.41. The van der Waals surface area contributed by atoms with Gasteiger partial charge in [-0.05, 0) is 6.42 Å². The molecule has 1 rings (SSSR count). The van der Waals surface area contributed by atoms with Crippen molar-refractivity contribution < 1.29 is 27.9 Å². The molecule has 1 aliphatic rings. The Hall–Kier alpha value is -1.44. The number of likely N-dealkylation sites (tertiary alicyclic amines) is 1. The van der Waals surface area contributed by atoms with Gasteiger partial charge >= 0.3 is 18.2 Å². The van der Waals surface area contributed by atoms with Gasteiger partial charge in [-0.3, -0.25) is 4.79 Å². The topological polar surface area (TPSA) is 69.6 Å². The molecular formula is C10H12ClF3N2O3. The zero-order valence-corrected chi connectivity index (χ0v) is 10.5. The molecule has 2 amide bonds. The fourth-order valence-corrected chi connectivity index (χ4v) is 1.86. The maximum Gasteiger partial charge on any atom is 0.406 e. The van der Waals surface area contributed by atoms with Crippen molar-refractivity contribution in [2.75, 3.05) is 19.6 Å². The highest BCUT2D eigenvalue weighted by Crippen LogP contribution is 2.45. The lowest BCUT2D eigenvalue weighted by molar-refractivity contribution is -0.226. The van der Waals surface area contributed by atoms with Crippen molar-refractivity contribution in [2.45, 2.75) is 12.6 Å². The number of nitrogens with zero attached hydrogens (tertiary/aromatic N) is 1. The molecule has 0 saturated carbocycles. The van der Waals surface area contributed by atoms with Gasteiger partial charge in [0.05, 0.1) is 6.54 Å². The molecule has 0 radical (unpaired) electrons. The van der Waals surface area contributed by atoms with Crippen molar-refractivity contribution in [1.29, 1.82) is 0 Å². The average molecular weight is 301 g/mol. The number of aliphatic carboxylic acids is 1. The molecule has 1 saturated heterocycles. The summed E-state index contributed by atoms with van der Waals surface area (Å²) in [7, 11) is 0. The van der Waals surface area contributed by atoms with E-state index in [1.165, 1.54) is 0 Å². The molecule has 1 aliphatic heterocycles. The average Bonchev–Trinajstić information content (AvgIpc) is 2.71. The standard InChI is InChI=1S/C10H12ClF3N2O3/c1-6(11)4-15-8(19)16-3-2-9(5-16,7(17)18)10(12,13)14/h1-5H2,(H,15,19)(H,17,18). The van der Waals surface area contributed by atoms with E-state index in [2.05, 4.69) is 11.9 Å². The molecule has 9 heteroatoms. The predicted molar refractivity (Wildman–Crippen MR) is 60.7 cm³/mol. The molecule has 1 heterocycles. The van der Waals surface area contributed by atoms with E-state index >= 15 is 0 Å². The van der Waals surface area contributed by atoms with Crippen LogP contribution in [0.2, 0.25) is 0 Å². The van der Waals surface area contributed by atoms with Gasteiger partial charge < -0.3 is 15.3 Å². The van der Waals surface area contributed by atoms with E-state index in [1.807, 2.05) is 0 Å². The maximum atomic E-state index is 12.8. The third kappa shape index (κ3) is 3.12. The van der Waals surface area contributed by atoms with Gasteiger partial charge in [0, 0.05) is 18.1 Å². The Morgan fingerprint density at radius 3 is 2.42 bits per heavy atom. The van der Waals surface area contributed by atoms with Crippen LogP contribution in [0.1, 0.15) is 6.42 Å². The van der Waals surface area contributed by atoms with Crippen LogP contribution in [0, 0.1) is 5.41 Å². The zero-order valence-electron chi connectivity index (χ0n) is 9.76. The smallest absolute Gasteiger partial charge is 0.406 e. The fourth-order valence-electron chi connectivity index (χ4n) is 1.79. The Bertz CT molecular complexity index is 413. The Balaban J connectivity index is 2.78. The number of alkyl halides is 3. The highest BCUT2D eigenvalue weighted by Gasteiger charge is 2.64. The first kappa shape index (κ1) is 15.6. The summed E-state index contributed by atoms with van der Waals surface area (Å²) in [4.78, 5) is 23.2. The van der Waals surface area contributed by atoms with Crippen molar-refractivity contribution in [1.82, 2.24) is 10.2 Å². The summed E-state index contributed by atoms with van der Waals surface area (Å²) in [5, 5.41) is 11.2. The van der Waals surface area contributed by atoms with Gasteiger partial charge in [0.25, 0.3) is 0 Å². The molecule has 0 aromatic carbocycles. The number of urea groups is 1. The number of amides is 2. The molecule has 0 aliphatic carbocycles. The number of nitrogens with one attached hydrogen (secondary N) is 1. The monoisotopic (exact) mass is 300 g/mol. The number of halogens is 4. The predicted octanol–water partition coefficient (Wildman–Crippen LogP) is 1.79. The van der Waals surface area contributed by atoms with Gasteiger partial charge in [-0.1, -0.05) is 18.2 Å². The number of carboxylic acids is 1. The number of carbonyl (C=O) groups is 2. The summed E-state index contributed by atoms with van der Waals surface area (Å²) in [5.74, 6) is -1.97. The lowest BCUT2D eigenvalue weighted by Gasteiger charge is -2.27. The van der Waals surface area contributed by atoms with E-state index < -0.39 is 36.6 Å². The Kier molecular flexibility index (Phi) is 4.34. The third-order valence-electron chi connectivity index (χ3n) is 2.94. The van der Waals surface area contributed by atoms with Crippen LogP contribution in [0.4, 0.5) is 18.0 Å². The molecule has 2 N–H and O–H groups in total. The number of hydrogen-bond donors (Lipinski definition) is 2. The minimum Gasteiger partial charge on any atom is -0.481 e. The summed E-state index contributed by atoms with van der Waals surface area (Å²) in [6.45, 7) is 2.02. The summed E-state index contributed by atoms with van der Waals surface area (Å²) < 4.78 is 38.5. The second-order valence-corrected chi connectivity index (χ2v) is 4.77. The van der Waals surface area contributed by atoms with Crippen LogP contribution in [-0.2, 0) is 4.79 Å². The van der Waals surface area contributed by atoms with Crippen LogP contribution in [-0.4, -0.2) is 47.8 Å². The maximum absolute atomic E-state index is 12.8. The minimum atomic E-state index is -4.91. The molecule has 1 fully saturated rings. The van der Waals surface area contributed by atoms with E-state index in [0.29, 0.717) is 0 Å². The van der Waals surface area contributed by atoms with E-state index in [0.717, 1.165) is 4.90 Å². The minimum absolute atomic E-state index is 0.0943. The Labute approximate surface area is 112 Å². The highest BCUT2D eigenvalue weighted by molar-refractivity contribution is 6.29. The van der Waals surface area contributed by atoms with Crippen LogP contribution in [0.15, 0.2) is 11.6 Å². The first-order valence-corrected chi connectivity index (χ1v) is 5.64. The second-order valence-electron chi connectivity index (χ2n) is 4.23. The first-order chi connectivity index (χ1) is 8.60. The highest BCUT2D eigenvalue weighted by atomic mass is 35.5. The Morgan fingerprint density at radius 2 is 2.05 bits per heavy atom. The molecular weight excluding hydrogens is 289 g/mol. The van der Waals surface area contributed by atoms with Crippen molar-refractivity contribution in [3.63, 3.8) is 0 Å². The first-order valence-electron chi connectivity index (χ1n) is 5.26. The van der Waals surface area contributed by atoms with Crippen molar-refractivity contribution >= 4 is 23.6 Å². The van der Waals surface area contributed by atoms with E-state index in [4.69, 9.17) is 16.7 Å². The van der Waals surface area contributed by atoms with Crippen LogP contribution in [0.3, 0.4) is 0 Å². The molecule has 19 heavy (non-hydrogen) atoms. The zero-order chi connectivity index (χ0) is 14.8. The lowest BCUT2D eigenvalue weighted by atomic mass is 9.86. The van der Waals surface area contributed by atoms with Gasteiger partial charge in [0.15, 0.2) is 5.41 Å². The third-order valence-corrected chi connectivity index (χ3v) is 3.07. The van der Waals surface area contributed by atoms with Gasteiger partial charge in [0.2, 0.25) is 0 Å². The van der Waals surface area contributed by atoms with Gasteiger partial charge in [-0.25, -0.2) is 4.79 Å². The van der Waals surface area contributed by atoms with Crippen LogP contribution >= 0.6 is 11.6 Å². The van der Waals surface area contributed by atoms with Crippen molar-refractivity contribution in [3.8, 4) is 0 Å². The SMILES string of the molecule is C=C(Cl)CNC(=O)N1CCC(C(=O)O)(C(F)(F)F)C1. The van der Waals surface area contributed by atoms with Gasteiger partial charge in [-0.2, -0.15) is 13.2 Å². The van der Waals surface area contributed by atoms with Crippen LogP contribution in [0.5, 0.6) is 0 Å². The molecule has 1 atom stereocenters. The van der Waals surface area contributed by atoms with Gasteiger partial charge in [0.1, 0.15) is 0 Å². The van der Waals surface area contributed by atoms with Gasteiger partial charge in [-0.15, -0.1) is 0 Å². The molecule has 0 aromatic rings. The fraction of sp³-hybridized carbons (Fsp3) is 0.600. The molecule has 5 nitrogen and oxygen atoms in total. The summed E-state index contributed by atoms with van der Waals surface area (Å²) in [5.41, 5.74) is -2.90. The Morgan fingerprint density at radius 1 is 1.47 bits per heavy atom. The normalized spacial score (nSPS) is 23.3. The number of carbonyl (C=O) groups excluding carboxylic acids is 1. The van der Waals surface area contributed by atoms with Crippen LogP contribution < -0.4 is 5.32 Å². The van der Waals surface area contributed by atoms with E-state index in [9.17, 15) is 22.8 Å². The number of rotatable bonds is 3. The quantitative estimate of drug-likeness (QED) is 0.835. The molecule has 0 spiro atoms. The number of hydrogen-bond acceptors (Lipinski definition) is 2. The van der Waals surface area contributed by atoms with Crippen molar-refractivity contribution in [3.05, 3.63) is 11.6 Å². The second kappa shape index (κ2) is 5.28. The van der Waals surface area contributed by atoms with Crippen molar-refractivity contribution in [2.24, 2.45) is 5.41 Å². The van der Waals surface area contributed by atoms with Crippen LogP contribution in [0.25, 0.3) is 0 Å². The van der Waals surface area contributed by atoms with E-state index in [1.54, 1.807) is 0 Å². The largest absolute Gasteiger partial charge is 0.481 e. The number of carboxylic acid groups (broad SMARTS) is 1. The molecule has 1 unspecified atom stereocenters. The van der Waals surface area contributed by atoms with E-state index in [-0.39, 0.29) is 18.1 Å². The molecule has 108 valence electrons. The summed E-state index contributed by atoms with van der Waals surface area (Å²) in [6.07, 6.45) is -5.58. The molecule has 0 aromatic heterocycles. The molecule has 0 bridgehead atoms.